The molecule has 0 aliphatic carbocycles. The van der Waals surface area contributed by atoms with Crippen molar-refractivity contribution in [2.24, 2.45) is 10.9 Å². The molecule has 4 rings (SSSR count). The summed E-state index contributed by atoms with van der Waals surface area (Å²) in [4.78, 5) is 33.6. The number of nitrogen functional groups attached to an aromatic ring is 1. The Hall–Kier alpha value is -4.66. The van der Waals surface area contributed by atoms with Crippen molar-refractivity contribution in [3.8, 4) is 23.0 Å². The van der Waals surface area contributed by atoms with E-state index in [4.69, 9.17) is 19.9 Å². The molecular weight excluding hydrogens is 582 g/mol. The number of rotatable bonds is 18. The number of esters is 1. The molecule has 0 saturated carbocycles. The number of nitrogens with two attached hydrogens (primary N) is 1. The predicted molar refractivity (Wildman–Crippen MR) is 180 cm³/mol. The van der Waals surface area contributed by atoms with E-state index < -0.39 is 6.10 Å². The first-order valence-corrected chi connectivity index (χ1v) is 16.0. The summed E-state index contributed by atoms with van der Waals surface area (Å²) < 4.78 is 17.0. The lowest BCUT2D eigenvalue weighted by molar-refractivity contribution is -0.148. The molecule has 1 aliphatic heterocycles. The Bertz CT molecular complexity index is 1550. The maximum atomic E-state index is 13.0. The van der Waals surface area contributed by atoms with Gasteiger partial charge in [-0.3, -0.25) is 14.6 Å². The van der Waals surface area contributed by atoms with E-state index in [-0.39, 0.29) is 23.9 Å². The minimum atomic E-state index is -0.450. The number of aromatic hydroxyl groups is 1. The van der Waals surface area contributed by atoms with Crippen molar-refractivity contribution in [3.05, 3.63) is 83.1 Å². The Balaban J connectivity index is 1.29. The van der Waals surface area contributed by atoms with E-state index in [1.54, 1.807) is 37.6 Å². The topological polar surface area (TPSA) is 133 Å². The van der Waals surface area contributed by atoms with Crippen LogP contribution >= 0.6 is 0 Å². The minimum Gasteiger partial charge on any atom is -0.508 e. The first-order valence-electron chi connectivity index (χ1n) is 16.0. The van der Waals surface area contributed by atoms with Crippen molar-refractivity contribution in [2.75, 3.05) is 19.4 Å². The second-order valence-corrected chi connectivity index (χ2v) is 11.8. The minimum absolute atomic E-state index is 0.0445. The molecule has 0 bridgehead atoms. The van der Waals surface area contributed by atoms with Crippen LogP contribution in [-0.2, 0) is 27.2 Å². The number of Topliss-reactive ketones (excluding diaryl/α,β-unsaturated/α-hetero) is 1. The third-order valence-corrected chi connectivity index (χ3v) is 8.28. The number of aliphatic imine (C=N–C) groups is 1. The quantitative estimate of drug-likeness (QED) is 0.141. The van der Waals surface area contributed by atoms with Crippen molar-refractivity contribution in [3.63, 3.8) is 0 Å². The second-order valence-electron chi connectivity index (χ2n) is 11.8. The Morgan fingerprint density at radius 3 is 2.57 bits per heavy atom. The van der Waals surface area contributed by atoms with Gasteiger partial charge < -0.3 is 25.1 Å². The number of aromatic nitrogens is 1. The molecule has 46 heavy (non-hydrogen) atoms. The molecule has 1 aromatic heterocycles. The number of phenolic OH excluding ortho intramolecular Hbond substituents is 1. The number of methoxy groups -OCH3 is 1. The molecule has 0 fully saturated rings. The summed E-state index contributed by atoms with van der Waals surface area (Å²) in [6.07, 6.45) is 9.55. The van der Waals surface area contributed by atoms with Crippen LogP contribution in [0.2, 0.25) is 0 Å². The summed E-state index contributed by atoms with van der Waals surface area (Å²) in [5.41, 5.74) is 10.6. The normalized spacial score (nSPS) is 13.8. The second kappa shape index (κ2) is 17.1. The molecule has 9 nitrogen and oxygen atoms in total. The SMILES string of the molecule is CC[C@H](CC[C@H](CC(=O)CCc1ccc(Oc2cccc(O)c2)c(OC)c1)OC(C)=O)CC1=C(CCc2ccnc(N)c2)CN=C1. The molecule has 9 heteroatoms. The molecule has 0 unspecified atom stereocenters. The van der Waals surface area contributed by atoms with Crippen LogP contribution in [-0.4, -0.2) is 47.8 Å². The largest absolute Gasteiger partial charge is 0.508 e. The van der Waals surface area contributed by atoms with Crippen LogP contribution in [0.1, 0.15) is 69.9 Å². The Kier molecular flexibility index (Phi) is 12.8. The molecule has 2 atom stereocenters. The van der Waals surface area contributed by atoms with Crippen LogP contribution in [0.25, 0.3) is 0 Å². The van der Waals surface area contributed by atoms with Gasteiger partial charge in [-0.25, -0.2) is 4.98 Å². The lowest BCUT2D eigenvalue weighted by Crippen LogP contribution is -2.22. The standard InChI is InChI=1S/C37H45N3O6/c1-4-26(18-30-24-39-23-29(30)12-8-28-16-17-40-37(38)20-28)10-14-34(45-25(2)41)22-32(43)13-9-27-11-15-35(36(19-27)44-3)46-33-7-5-6-31(42)21-33/h5-7,11,15-17,19-21,24,26,34,42H,4,8-10,12-14,18,22-23H2,1-3H3,(H2,38,40)/t26-,34-/m1/s1. The summed E-state index contributed by atoms with van der Waals surface area (Å²) in [6, 6.07) is 16.0. The highest BCUT2D eigenvalue weighted by Crippen LogP contribution is 2.34. The molecule has 1 aliphatic rings. The van der Waals surface area contributed by atoms with E-state index >= 15 is 0 Å². The maximum Gasteiger partial charge on any atom is 0.302 e. The number of hydrogen-bond acceptors (Lipinski definition) is 9. The number of ether oxygens (including phenoxy) is 3. The lowest BCUT2D eigenvalue weighted by Gasteiger charge is -2.21. The smallest absolute Gasteiger partial charge is 0.302 e. The zero-order valence-electron chi connectivity index (χ0n) is 27.0. The van der Waals surface area contributed by atoms with Crippen molar-refractivity contribution in [1.82, 2.24) is 4.98 Å². The van der Waals surface area contributed by atoms with Gasteiger partial charge in [0.25, 0.3) is 0 Å². The molecule has 3 N–H and O–H groups in total. The zero-order valence-corrected chi connectivity index (χ0v) is 27.0. The Morgan fingerprint density at radius 1 is 1.00 bits per heavy atom. The highest BCUT2D eigenvalue weighted by molar-refractivity contribution is 5.82. The number of ketones is 1. The van der Waals surface area contributed by atoms with Gasteiger partial charge in [0, 0.05) is 38.2 Å². The van der Waals surface area contributed by atoms with Crippen LogP contribution in [0.5, 0.6) is 23.0 Å². The number of carbonyl (C=O) groups excluding carboxylic acids is 2. The fraction of sp³-hybridized carbons (Fsp3) is 0.405. The fourth-order valence-corrected chi connectivity index (χ4v) is 5.73. The zero-order chi connectivity index (χ0) is 32.9. The Labute approximate surface area is 271 Å². The highest BCUT2D eigenvalue weighted by atomic mass is 16.5. The average molecular weight is 628 g/mol. The number of hydrogen-bond donors (Lipinski definition) is 2. The fourth-order valence-electron chi connectivity index (χ4n) is 5.73. The van der Waals surface area contributed by atoms with Gasteiger partial charge in [-0.15, -0.1) is 0 Å². The van der Waals surface area contributed by atoms with Crippen LogP contribution in [0.3, 0.4) is 0 Å². The average Bonchev–Trinajstić information content (AvgIpc) is 3.48. The number of nitrogens with zero attached hydrogens (tertiary/aromatic N) is 2. The molecular formula is C37H45N3O6. The van der Waals surface area contributed by atoms with Crippen molar-refractivity contribution in [1.29, 1.82) is 0 Å². The molecule has 244 valence electrons. The molecule has 0 saturated heterocycles. The van der Waals surface area contributed by atoms with Gasteiger partial charge in [0.1, 0.15) is 29.2 Å². The maximum absolute atomic E-state index is 13.0. The third-order valence-electron chi connectivity index (χ3n) is 8.28. The van der Waals surface area contributed by atoms with Crippen molar-refractivity contribution < 1.29 is 28.9 Å². The lowest BCUT2D eigenvalue weighted by atomic mass is 9.88. The van der Waals surface area contributed by atoms with Crippen LogP contribution in [0.4, 0.5) is 5.82 Å². The number of carbonyl (C=O) groups is 2. The summed E-state index contributed by atoms with van der Waals surface area (Å²) in [5.74, 6) is 2.24. The van der Waals surface area contributed by atoms with E-state index in [1.807, 2.05) is 30.5 Å². The molecule has 2 aromatic carbocycles. The number of allylic oxidation sites excluding steroid dienone is 1. The van der Waals surface area contributed by atoms with Gasteiger partial charge in [0.05, 0.1) is 13.7 Å². The molecule has 0 radical (unpaired) electrons. The van der Waals surface area contributed by atoms with Gasteiger partial charge in [-0.1, -0.05) is 25.5 Å². The molecule has 3 aromatic rings. The van der Waals surface area contributed by atoms with E-state index in [1.165, 1.54) is 29.7 Å². The number of anilines is 1. The first-order chi connectivity index (χ1) is 22.2. The van der Waals surface area contributed by atoms with Gasteiger partial charge in [-0.2, -0.15) is 0 Å². The van der Waals surface area contributed by atoms with Crippen molar-refractivity contribution in [2.45, 2.75) is 77.7 Å². The van der Waals surface area contributed by atoms with Crippen LogP contribution in [0.15, 0.2) is 76.9 Å². The van der Waals surface area contributed by atoms with Gasteiger partial charge >= 0.3 is 5.97 Å². The van der Waals surface area contributed by atoms with Gasteiger partial charge in [-0.05, 0) is 103 Å². The predicted octanol–water partition coefficient (Wildman–Crippen LogP) is 7.20. The van der Waals surface area contributed by atoms with Gasteiger partial charge in [0.15, 0.2) is 11.5 Å². The molecule has 2 heterocycles. The summed E-state index contributed by atoms with van der Waals surface area (Å²) >= 11 is 0. The summed E-state index contributed by atoms with van der Waals surface area (Å²) in [7, 11) is 1.56. The third kappa shape index (κ3) is 10.8. The Morgan fingerprint density at radius 2 is 1.83 bits per heavy atom. The molecule has 0 spiro atoms. The number of benzene rings is 2. The first kappa shape index (κ1) is 34.2. The summed E-state index contributed by atoms with van der Waals surface area (Å²) in [6.45, 7) is 4.30. The van der Waals surface area contributed by atoms with Crippen molar-refractivity contribution >= 4 is 23.8 Å². The molecule has 0 amide bonds. The van der Waals surface area contributed by atoms with Crippen LogP contribution < -0.4 is 15.2 Å². The van der Waals surface area contributed by atoms with E-state index in [2.05, 4.69) is 16.9 Å². The van der Waals surface area contributed by atoms with Gasteiger partial charge in [0.2, 0.25) is 0 Å². The number of phenols is 1. The number of aryl methyl sites for hydroxylation is 2. The monoisotopic (exact) mass is 627 g/mol. The highest BCUT2D eigenvalue weighted by Gasteiger charge is 2.21. The van der Waals surface area contributed by atoms with E-state index in [0.717, 1.165) is 44.2 Å². The van der Waals surface area contributed by atoms with Crippen LogP contribution in [0, 0.1) is 5.92 Å². The van der Waals surface area contributed by atoms with E-state index in [9.17, 15) is 14.7 Å². The van der Waals surface area contributed by atoms with E-state index in [0.29, 0.717) is 48.2 Å². The summed E-state index contributed by atoms with van der Waals surface area (Å²) in [5, 5.41) is 9.71. The number of pyridine rings is 1.